The molecule has 0 radical (unpaired) electrons. The monoisotopic (exact) mass is 229 g/mol. The minimum atomic E-state index is -3.07. The van der Waals surface area contributed by atoms with Crippen molar-refractivity contribution in [2.45, 2.75) is 6.61 Å². The molecule has 1 N–H and O–H groups in total. The number of halogens is 2. The molecule has 0 amide bonds. The third kappa shape index (κ3) is 1.64. The van der Waals surface area contributed by atoms with Crippen molar-refractivity contribution in [2.24, 2.45) is 0 Å². The average molecular weight is 229 g/mol. The average Bonchev–Trinajstić information content (AvgIpc) is 2.57. The fraction of sp³-hybridized carbons (Fsp3) is 0.125. The zero-order chi connectivity index (χ0) is 11.7. The molecule has 0 fully saturated rings. The van der Waals surface area contributed by atoms with Gasteiger partial charge in [0.25, 0.3) is 0 Å². The summed E-state index contributed by atoms with van der Waals surface area (Å²) in [5.74, 6) is -1.29. The third-order valence-corrected chi connectivity index (χ3v) is 1.81. The van der Waals surface area contributed by atoms with Gasteiger partial charge in [-0.05, 0) is 0 Å². The van der Waals surface area contributed by atoms with Crippen LogP contribution in [0.3, 0.4) is 0 Å². The SMILES string of the molecule is O=C(O)c1cn(OC(F)F)c2nccnc12. The number of nitrogens with zero attached hydrogens (tertiary/aromatic N) is 3. The molecule has 0 spiro atoms. The first-order valence-corrected chi connectivity index (χ1v) is 4.10. The minimum absolute atomic E-state index is 0.00403. The highest BCUT2D eigenvalue weighted by atomic mass is 19.3. The molecule has 0 saturated heterocycles. The van der Waals surface area contributed by atoms with Gasteiger partial charge in [0.1, 0.15) is 11.1 Å². The normalized spacial score (nSPS) is 10.9. The van der Waals surface area contributed by atoms with Crippen molar-refractivity contribution >= 4 is 17.1 Å². The summed E-state index contributed by atoms with van der Waals surface area (Å²) in [4.78, 5) is 22.3. The van der Waals surface area contributed by atoms with E-state index in [0.717, 1.165) is 6.20 Å². The first kappa shape index (κ1) is 10.3. The third-order valence-electron chi connectivity index (χ3n) is 1.81. The largest absolute Gasteiger partial charge is 0.478 e. The predicted molar refractivity (Wildman–Crippen MR) is 47.1 cm³/mol. The molecule has 0 saturated carbocycles. The summed E-state index contributed by atoms with van der Waals surface area (Å²) in [5, 5.41) is 8.81. The molecule has 0 atom stereocenters. The van der Waals surface area contributed by atoms with Gasteiger partial charge in [-0.25, -0.2) is 9.78 Å². The summed E-state index contributed by atoms with van der Waals surface area (Å²) in [6, 6.07) is 0. The van der Waals surface area contributed by atoms with E-state index in [1.54, 1.807) is 0 Å². The van der Waals surface area contributed by atoms with Crippen LogP contribution in [0.1, 0.15) is 10.4 Å². The van der Waals surface area contributed by atoms with Gasteiger partial charge in [-0.1, -0.05) is 0 Å². The molecular weight excluding hydrogens is 224 g/mol. The molecule has 0 aliphatic rings. The number of fused-ring (bicyclic) bond motifs is 1. The second-order valence-corrected chi connectivity index (χ2v) is 2.77. The van der Waals surface area contributed by atoms with Crippen molar-refractivity contribution in [3.63, 3.8) is 0 Å². The van der Waals surface area contributed by atoms with Crippen molar-refractivity contribution in [1.29, 1.82) is 0 Å². The molecule has 6 nitrogen and oxygen atoms in total. The van der Waals surface area contributed by atoms with Crippen LogP contribution in [0.2, 0.25) is 0 Å². The lowest BCUT2D eigenvalue weighted by molar-refractivity contribution is -0.129. The van der Waals surface area contributed by atoms with E-state index in [2.05, 4.69) is 14.8 Å². The van der Waals surface area contributed by atoms with Crippen molar-refractivity contribution in [1.82, 2.24) is 14.7 Å². The summed E-state index contributed by atoms with van der Waals surface area (Å²) in [6.45, 7) is -3.07. The van der Waals surface area contributed by atoms with Crippen LogP contribution in [0.5, 0.6) is 0 Å². The van der Waals surface area contributed by atoms with Crippen molar-refractivity contribution < 1.29 is 23.5 Å². The van der Waals surface area contributed by atoms with Crippen LogP contribution >= 0.6 is 0 Å². The fourth-order valence-electron chi connectivity index (χ4n) is 1.24. The summed E-state index contributed by atoms with van der Waals surface area (Å²) in [6.07, 6.45) is 3.42. The molecule has 2 aromatic rings. The Kier molecular flexibility index (Phi) is 2.39. The topological polar surface area (TPSA) is 77.2 Å². The Hall–Kier alpha value is -2.25. The molecule has 2 aromatic heterocycles. The summed E-state index contributed by atoms with van der Waals surface area (Å²) in [5.41, 5.74) is -0.320. The molecule has 0 bridgehead atoms. The molecule has 84 valence electrons. The van der Waals surface area contributed by atoms with E-state index in [9.17, 15) is 13.6 Å². The zero-order valence-corrected chi connectivity index (χ0v) is 7.67. The summed E-state index contributed by atoms with van der Waals surface area (Å²) < 4.78 is 24.6. The van der Waals surface area contributed by atoms with Crippen LogP contribution < -0.4 is 4.84 Å². The van der Waals surface area contributed by atoms with Crippen molar-refractivity contribution in [2.75, 3.05) is 0 Å². The van der Waals surface area contributed by atoms with Gasteiger partial charge in [-0.3, -0.25) is 4.98 Å². The Morgan fingerprint density at radius 1 is 1.44 bits per heavy atom. The lowest BCUT2D eigenvalue weighted by atomic mass is 10.3. The highest BCUT2D eigenvalue weighted by molar-refractivity contribution is 6.00. The fourth-order valence-corrected chi connectivity index (χ4v) is 1.24. The Morgan fingerprint density at radius 3 is 2.75 bits per heavy atom. The maximum atomic E-state index is 12.0. The Morgan fingerprint density at radius 2 is 2.12 bits per heavy atom. The number of aromatic carboxylic acids is 1. The molecule has 0 aliphatic carbocycles. The first-order chi connectivity index (χ1) is 7.59. The van der Waals surface area contributed by atoms with Gasteiger partial charge < -0.3 is 9.94 Å². The number of aromatic nitrogens is 3. The van der Waals surface area contributed by atoms with Gasteiger partial charge in [0.15, 0.2) is 5.65 Å². The van der Waals surface area contributed by atoms with E-state index in [1.807, 2.05) is 0 Å². The quantitative estimate of drug-likeness (QED) is 0.841. The van der Waals surface area contributed by atoms with Gasteiger partial charge in [0.05, 0.1) is 6.20 Å². The maximum absolute atomic E-state index is 12.0. The van der Waals surface area contributed by atoms with Crippen molar-refractivity contribution in [3.8, 4) is 0 Å². The summed E-state index contributed by atoms with van der Waals surface area (Å²) >= 11 is 0. The molecule has 0 aromatic carbocycles. The molecule has 8 heteroatoms. The van der Waals surface area contributed by atoms with E-state index >= 15 is 0 Å². The van der Waals surface area contributed by atoms with E-state index in [1.165, 1.54) is 12.4 Å². The number of hydrogen-bond acceptors (Lipinski definition) is 4. The lowest BCUT2D eigenvalue weighted by Gasteiger charge is -2.03. The van der Waals surface area contributed by atoms with Gasteiger partial charge in [-0.15, -0.1) is 0 Å². The van der Waals surface area contributed by atoms with Crippen LogP contribution in [0.4, 0.5) is 8.78 Å². The van der Waals surface area contributed by atoms with E-state index < -0.39 is 12.6 Å². The lowest BCUT2D eigenvalue weighted by Crippen LogP contribution is -2.16. The number of hydrogen-bond donors (Lipinski definition) is 1. The first-order valence-electron chi connectivity index (χ1n) is 4.10. The van der Waals surface area contributed by atoms with Gasteiger partial charge in [0, 0.05) is 12.4 Å². The Labute approximate surface area is 87.1 Å². The number of rotatable bonds is 3. The van der Waals surface area contributed by atoms with Crippen LogP contribution in [0.15, 0.2) is 18.6 Å². The Balaban J connectivity index is 2.62. The molecule has 0 aliphatic heterocycles. The minimum Gasteiger partial charge on any atom is -0.478 e. The van der Waals surface area contributed by atoms with Crippen LogP contribution in [0.25, 0.3) is 11.2 Å². The zero-order valence-electron chi connectivity index (χ0n) is 7.67. The second-order valence-electron chi connectivity index (χ2n) is 2.77. The molecule has 0 unspecified atom stereocenters. The molecule has 16 heavy (non-hydrogen) atoms. The number of carbonyl (C=O) groups is 1. The van der Waals surface area contributed by atoms with Crippen LogP contribution in [-0.2, 0) is 0 Å². The highest BCUT2D eigenvalue weighted by Gasteiger charge is 2.18. The predicted octanol–water partition coefficient (Wildman–Crippen LogP) is 0.781. The molecule has 2 rings (SSSR count). The van der Waals surface area contributed by atoms with Crippen LogP contribution in [-0.4, -0.2) is 32.4 Å². The second kappa shape index (κ2) is 3.72. The van der Waals surface area contributed by atoms with Crippen LogP contribution in [0, 0.1) is 0 Å². The maximum Gasteiger partial charge on any atom is 0.405 e. The van der Waals surface area contributed by atoms with Crippen molar-refractivity contribution in [3.05, 3.63) is 24.2 Å². The van der Waals surface area contributed by atoms with E-state index in [0.29, 0.717) is 4.73 Å². The van der Waals surface area contributed by atoms with E-state index in [-0.39, 0.29) is 16.7 Å². The summed E-state index contributed by atoms with van der Waals surface area (Å²) in [7, 11) is 0. The molecular formula is C8H5F2N3O3. The standard InChI is InChI=1S/C8H5F2N3O3/c9-8(10)16-13-3-4(7(14)15)5-6(13)12-2-1-11-5/h1-3,8H,(H,14,15). The highest BCUT2D eigenvalue weighted by Crippen LogP contribution is 2.16. The Bertz CT molecular complexity index is 540. The number of carboxylic acid groups (broad SMARTS) is 1. The molecule has 2 heterocycles. The smallest absolute Gasteiger partial charge is 0.405 e. The number of alkyl halides is 2. The van der Waals surface area contributed by atoms with Gasteiger partial charge >= 0.3 is 12.6 Å². The van der Waals surface area contributed by atoms with E-state index in [4.69, 9.17) is 5.11 Å². The van der Waals surface area contributed by atoms with Gasteiger partial charge in [-0.2, -0.15) is 13.5 Å². The number of carboxylic acids is 1. The van der Waals surface area contributed by atoms with Gasteiger partial charge in [0.2, 0.25) is 0 Å².